The fraction of sp³-hybridized carbons (Fsp3) is 0.217. The average Bonchev–Trinajstić information content (AvgIpc) is 3.36. The predicted molar refractivity (Wildman–Crippen MR) is 121 cm³/mol. The van der Waals surface area contributed by atoms with Crippen LogP contribution in [0.25, 0.3) is 28.3 Å². The molecule has 0 saturated heterocycles. The van der Waals surface area contributed by atoms with Crippen LogP contribution < -0.4 is 16.0 Å². The first-order valence-corrected chi connectivity index (χ1v) is 10.4. The van der Waals surface area contributed by atoms with Gasteiger partial charge in [0.1, 0.15) is 5.75 Å². The molecule has 2 aromatic carbocycles. The van der Waals surface area contributed by atoms with Crippen molar-refractivity contribution < 1.29 is 4.74 Å². The molecule has 0 radical (unpaired) electrons. The SMILES string of the molecule is CCOc1ccc(-c2nnc3n(CCc4ccccc4)c4c(=O)[nH]c(=O)n(C)c4n23)cc1. The number of hydrogen-bond donors (Lipinski definition) is 1. The maximum Gasteiger partial charge on any atom is 0.329 e. The van der Waals surface area contributed by atoms with E-state index < -0.39 is 11.2 Å². The molecule has 0 atom stereocenters. The highest BCUT2D eigenvalue weighted by Crippen LogP contribution is 2.26. The number of fused-ring (bicyclic) bond motifs is 3. The molecule has 5 rings (SSSR count). The molecule has 9 heteroatoms. The number of H-pyrrole nitrogens is 1. The Hall–Kier alpha value is -4.14. The van der Waals surface area contributed by atoms with Gasteiger partial charge in [-0.3, -0.25) is 14.3 Å². The molecule has 0 amide bonds. The van der Waals surface area contributed by atoms with Crippen LogP contribution in [0.4, 0.5) is 0 Å². The molecule has 3 heterocycles. The summed E-state index contributed by atoms with van der Waals surface area (Å²) in [5.41, 5.74) is 1.85. The molecule has 0 aliphatic rings. The summed E-state index contributed by atoms with van der Waals surface area (Å²) in [6, 6.07) is 17.5. The lowest BCUT2D eigenvalue weighted by Crippen LogP contribution is -2.29. The Morgan fingerprint density at radius 1 is 1.00 bits per heavy atom. The van der Waals surface area contributed by atoms with E-state index in [1.165, 1.54) is 4.57 Å². The topological polar surface area (TPSA) is 99.2 Å². The van der Waals surface area contributed by atoms with E-state index in [4.69, 9.17) is 4.74 Å². The Kier molecular flexibility index (Phi) is 4.85. The van der Waals surface area contributed by atoms with Crippen LogP contribution in [0.3, 0.4) is 0 Å². The van der Waals surface area contributed by atoms with Crippen LogP contribution in [0.15, 0.2) is 64.2 Å². The zero-order chi connectivity index (χ0) is 22.2. The first-order chi connectivity index (χ1) is 15.6. The van der Waals surface area contributed by atoms with Crippen LogP contribution in [-0.4, -0.2) is 35.3 Å². The summed E-state index contributed by atoms with van der Waals surface area (Å²) in [4.78, 5) is 27.7. The van der Waals surface area contributed by atoms with Gasteiger partial charge in [-0.2, -0.15) is 0 Å². The van der Waals surface area contributed by atoms with Crippen molar-refractivity contribution in [3.8, 4) is 17.1 Å². The van der Waals surface area contributed by atoms with Crippen molar-refractivity contribution in [2.45, 2.75) is 19.9 Å². The van der Waals surface area contributed by atoms with Crippen molar-refractivity contribution in [1.82, 2.24) is 28.7 Å². The van der Waals surface area contributed by atoms with Gasteiger partial charge in [-0.1, -0.05) is 30.3 Å². The van der Waals surface area contributed by atoms with E-state index in [2.05, 4.69) is 15.2 Å². The largest absolute Gasteiger partial charge is 0.494 e. The second kappa shape index (κ2) is 7.84. The van der Waals surface area contributed by atoms with Gasteiger partial charge in [0.25, 0.3) is 5.56 Å². The lowest BCUT2D eigenvalue weighted by molar-refractivity contribution is 0.340. The monoisotopic (exact) mass is 430 g/mol. The van der Waals surface area contributed by atoms with Crippen LogP contribution in [0.1, 0.15) is 12.5 Å². The summed E-state index contributed by atoms with van der Waals surface area (Å²) in [5.74, 6) is 1.81. The molecular weight excluding hydrogens is 408 g/mol. The summed E-state index contributed by atoms with van der Waals surface area (Å²) < 4.78 is 10.5. The highest BCUT2D eigenvalue weighted by molar-refractivity contribution is 5.79. The number of rotatable bonds is 6. The Morgan fingerprint density at radius 3 is 2.47 bits per heavy atom. The zero-order valence-corrected chi connectivity index (χ0v) is 17.8. The number of nitrogens with zero attached hydrogens (tertiary/aromatic N) is 5. The van der Waals surface area contributed by atoms with Gasteiger partial charge < -0.3 is 9.30 Å². The third kappa shape index (κ3) is 3.18. The second-order valence-corrected chi connectivity index (χ2v) is 7.49. The highest BCUT2D eigenvalue weighted by atomic mass is 16.5. The number of aromatic amines is 1. The van der Waals surface area contributed by atoms with E-state index in [9.17, 15) is 9.59 Å². The number of hydrogen-bond acceptors (Lipinski definition) is 5. The molecule has 1 N–H and O–H groups in total. The predicted octanol–water partition coefficient (Wildman–Crippen LogP) is 2.38. The Balaban J connectivity index is 1.72. The van der Waals surface area contributed by atoms with Crippen LogP contribution in [0.2, 0.25) is 0 Å². The summed E-state index contributed by atoms with van der Waals surface area (Å²) in [6.07, 6.45) is 0.702. The van der Waals surface area contributed by atoms with Gasteiger partial charge >= 0.3 is 5.69 Å². The van der Waals surface area contributed by atoms with Crippen LogP contribution in [0, 0.1) is 0 Å². The first-order valence-electron chi connectivity index (χ1n) is 10.4. The molecule has 0 bridgehead atoms. The Morgan fingerprint density at radius 2 is 1.75 bits per heavy atom. The number of ether oxygens (including phenoxy) is 1. The lowest BCUT2D eigenvalue weighted by atomic mass is 10.1. The molecule has 3 aromatic heterocycles. The number of aromatic nitrogens is 6. The van der Waals surface area contributed by atoms with E-state index in [0.717, 1.165) is 16.9 Å². The third-order valence-electron chi connectivity index (χ3n) is 5.53. The van der Waals surface area contributed by atoms with Gasteiger partial charge in [0.15, 0.2) is 17.0 Å². The molecule has 5 aromatic rings. The second-order valence-electron chi connectivity index (χ2n) is 7.49. The van der Waals surface area contributed by atoms with Gasteiger partial charge in [-0.15, -0.1) is 10.2 Å². The standard InChI is InChI=1S/C23H22N6O3/c1-3-32-17-11-9-16(10-12-17)19-25-26-22-28(14-13-15-7-5-4-6-8-15)18-20(30)24-23(31)27(2)21(18)29(19)22/h4-12H,3,13-14H2,1-2H3,(H,24,30,31). The zero-order valence-electron chi connectivity index (χ0n) is 17.8. The van der Waals surface area contributed by atoms with Crippen LogP contribution in [0.5, 0.6) is 5.75 Å². The molecular formula is C23H22N6O3. The number of benzene rings is 2. The maximum atomic E-state index is 12.8. The molecule has 0 unspecified atom stereocenters. The van der Waals surface area contributed by atoms with Crippen molar-refractivity contribution in [3.63, 3.8) is 0 Å². The molecule has 32 heavy (non-hydrogen) atoms. The van der Waals surface area contributed by atoms with Crippen molar-refractivity contribution >= 4 is 16.9 Å². The summed E-state index contributed by atoms with van der Waals surface area (Å²) in [5, 5.41) is 8.78. The number of nitrogens with one attached hydrogen (secondary N) is 1. The lowest BCUT2D eigenvalue weighted by Gasteiger charge is -2.05. The summed E-state index contributed by atoms with van der Waals surface area (Å²) in [7, 11) is 1.63. The molecule has 9 nitrogen and oxygen atoms in total. The normalized spacial score (nSPS) is 11.4. The minimum Gasteiger partial charge on any atom is -0.494 e. The van der Waals surface area contributed by atoms with E-state index in [0.29, 0.717) is 42.3 Å². The average molecular weight is 430 g/mol. The van der Waals surface area contributed by atoms with Crippen molar-refractivity contribution in [1.29, 1.82) is 0 Å². The van der Waals surface area contributed by atoms with E-state index in [-0.39, 0.29) is 0 Å². The van der Waals surface area contributed by atoms with E-state index in [1.54, 1.807) is 11.4 Å². The van der Waals surface area contributed by atoms with Gasteiger partial charge in [0.2, 0.25) is 5.78 Å². The molecule has 0 aliphatic heterocycles. The quantitative estimate of drug-likeness (QED) is 0.446. The molecule has 0 spiro atoms. The third-order valence-corrected chi connectivity index (χ3v) is 5.53. The van der Waals surface area contributed by atoms with Gasteiger partial charge in [-0.25, -0.2) is 9.20 Å². The summed E-state index contributed by atoms with van der Waals surface area (Å²) in [6.45, 7) is 3.02. The minimum absolute atomic E-state index is 0.389. The van der Waals surface area contributed by atoms with Gasteiger partial charge in [0.05, 0.1) is 6.61 Å². The minimum atomic E-state index is -0.490. The molecule has 162 valence electrons. The van der Waals surface area contributed by atoms with E-state index >= 15 is 0 Å². The fourth-order valence-electron chi connectivity index (χ4n) is 3.99. The first kappa shape index (κ1) is 19.8. The smallest absolute Gasteiger partial charge is 0.329 e. The van der Waals surface area contributed by atoms with Gasteiger partial charge in [-0.05, 0) is 43.2 Å². The van der Waals surface area contributed by atoms with Crippen LogP contribution in [-0.2, 0) is 20.0 Å². The molecule has 0 aliphatic carbocycles. The summed E-state index contributed by atoms with van der Waals surface area (Å²) >= 11 is 0. The fourth-order valence-corrected chi connectivity index (χ4v) is 3.99. The van der Waals surface area contributed by atoms with Crippen molar-refractivity contribution in [2.24, 2.45) is 7.05 Å². The molecule has 0 fully saturated rings. The number of imidazole rings is 1. The van der Waals surface area contributed by atoms with Crippen molar-refractivity contribution in [3.05, 3.63) is 81.0 Å². The van der Waals surface area contributed by atoms with E-state index in [1.807, 2.05) is 66.1 Å². The number of aryl methyl sites for hydroxylation is 3. The molecule has 0 saturated carbocycles. The Labute approximate surface area is 182 Å². The van der Waals surface area contributed by atoms with Gasteiger partial charge in [0, 0.05) is 19.2 Å². The Bertz CT molecular complexity index is 1520. The van der Waals surface area contributed by atoms with Crippen molar-refractivity contribution in [2.75, 3.05) is 6.61 Å². The van der Waals surface area contributed by atoms with Crippen LogP contribution >= 0.6 is 0 Å². The highest BCUT2D eigenvalue weighted by Gasteiger charge is 2.22. The maximum absolute atomic E-state index is 12.8.